The molecule has 2 aromatic carbocycles. The van der Waals surface area contributed by atoms with Gasteiger partial charge in [0.05, 0.1) is 19.1 Å². The van der Waals surface area contributed by atoms with Crippen molar-refractivity contribution < 1.29 is 27.4 Å². The molecule has 214 valence electrons. The van der Waals surface area contributed by atoms with Crippen LogP contribution in [-0.2, 0) is 15.7 Å². The summed E-state index contributed by atoms with van der Waals surface area (Å²) in [6, 6.07) is 9.45. The van der Waals surface area contributed by atoms with Crippen LogP contribution in [-0.4, -0.2) is 36.2 Å². The first-order valence-electron chi connectivity index (χ1n) is 14.9. The zero-order valence-electron chi connectivity index (χ0n) is 23.4. The Morgan fingerprint density at radius 2 is 1.69 bits per heavy atom. The average Bonchev–Trinajstić information content (AvgIpc) is 2.92. The van der Waals surface area contributed by atoms with Crippen LogP contribution in [0, 0.1) is 11.8 Å². The third kappa shape index (κ3) is 5.79. The fourth-order valence-corrected chi connectivity index (χ4v) is 7.67. The van der Waals surface area contributed by atoms with Crippen molar-refractivity contribution in [3.63, 3.8) is 0 Å². The number of halogens is 3. The van der Waals surface area contributed by atoms with Crippen molar-refractivity contribution in [1.29, 1.82) is 0 Å². The number of nitrogens with zero attached hydrogens (tertiary/aromatic N) is 1. The van der Waals surface area contributed by atoms with Crippen LogP contribution in [0.2, 0.25) is 0 Å². The second-order valence-electron chi connectivity index (χ2n) is 11.9. The fraction of sp³-hybridized carbons (Fsp3) is 0.656. The van der Waals surface area contributed by atoms with Gasteiger partial charge in [-0.3, -0.25) is 9.69 Å². The highest BCUT2D eigenvalue weighted by atomic mass is 19.4. The van der Waals surface area contributed by atoms with Gasteiger partial charge in [-0.15, -0.1) is 0 Å². The monoisotopic (exact) mass is 545 g/mol. The smallest absolute Gasteiger partial charge is 0.420 e. The molecule has 0 radical (unpaired) electrons. The summed E-state index contributed by atoms with van der Waals surface area (Å²) in [4.78, 5) is 14.9. The molecule has 2 bridgehead atoms. The molecule has 4 nitrogen and oxygen atoms in total. The summed E-state index contributed by atoms with van der Waals surface area (Å²) < 4.78 is 54.4. The molecule has 2 saturated heterocycles. The molecule has 2 aromatic rings. The van der Waals surface area contributed by atoms with E-state index in [0.29, 0.717) is 11.3 Å². The Kier molecular flexibility index (Phi) is 8.46. The van der Waals surface area contributed by atoms with Crippen molar-refractivity contribution in [2.24, 2.45) is 11.8 Å². The van der Waals surface area contributed by atoms with Crippen molar-refractivity contribution >= 4 is 16.7 Å². The molecule has 5 rings (SSSR count). The van der Waals surface area contributed by atoms with E-state index in [2.05, 4.69) is 18.7 Å². The number of esters is 1. The first-order chi connectivity index (χ1) is 18.7. The molecule has 39 heavy (non-hydrogen) atoms. The summed E-state index contributed by atoms with van der Waals surface area (Å²) in [5, 5.41) is 0.792. The Bertz CT molecular complexity index is 1140. The van der Waals surface area contributed by atoms with E-state index in [4.69, 9.17) is 9.47 Å². The predicted octanol–water partition coefficient (Wildman–Crippen LogP) is 8.46. The summed E-state index contributed by atoms with van der Waals surface area (Å²) in [5.74, 6) is 0.412. The number of alkyl halides is 3. The lowest BCUT2D eigenvalue weighted by Crippen LogP contribution is -2.54. The number of carbonyl (C=O) groups excluding carboxylic acids is 1. The average molecular weight is 546 g/mol. The summed E-state index contributed by atoms with van der Waals surface area (Å²) in [6.45, 7) is 4.31. The molecule has 0 amide bonds. The van der Waals surface area contributed by atoms with Gasteiger partial charge in [0, 0.05) is 18.1 Å². The van der Waals surface area contributed by atoms with Crippen molar-refractivity contribution in [2.45, 2.75) is 115 Å². The molecule has 0 aromatic heterocycles. The minimum atomic E-state index is -4.51. The standard InChI is InChI=1S/C32H42F3NO3/c1-4-20-9-13-26(14-10-20)39-29-16-12-21-17-22(11-15-27(21)30(29)32(33,34)35)28(5-2)36-24-7-6-8-25(36)19-23(18-24)31(37)38-3/h11-12,15-17,20,23-26,28H,4-10,13-14,18-19H2,1-3H3. The number of methoxy groups -OCH3 is 1. The van der Waals surface area contributed by atoms with Gasteiger partial charge in [0.2, 0.25) is 0 Å². The molecule has 2 aliphatic heterocycles. The molecule has 1 aliphatic carbocycles. The summed E-state index contributed by atoms with van der Waals surface area (Å²) in [7, 11) is 1.46. The SMILES string of the molecule is CCC1CCC(Oc2ccc3cc(C(CC)N4C5CCCC4CC(C(=O)OC)C5)ccc3c2C(F)(F)F)CC1. The molecule has 0 spiro atoms. The van der Waals surface area contributed by atoms with Gasteiger partial charge in [-0.1, -0.05) is 44.9 Å². The number of fused-ring (bicyclic) bond motifs is 3. The summed E-state index contributed by atoms with van der Waals surface area (Å²) >= 11 is 0. The number of hydrogen-bond acceptors (Lipinski definition) is 4. The molecule has 1 saturated carbocycles. The van der Waals surface area contributed by atoms with E-state index in [0.717, 1.165) is 76.2 Å². The van der Waals surface area contributed by atoms with E-state index in [1.54, 1.807) is 12.1 Å². The molecule has 2 heterocycles. The van der Waals surface area contributed by atoms with Crippen LogP contribution in [0.15, 0.2) is 30.3 Å². The molecule has 3 aliphatic rings. The first kappa shape index (κ1) is 28.3. The van der Waals surface area contributed by atoms with Gasteiger partial charge in [0.15, 0.2) is 0 Å². The van der Waals surface area contributed by atoms with Crippen LogP contribution in [0.4, 0.5) is 13.2 Å². The number of carbonyl (C=O) groups is 1. The molecule has 3 fully saturated rings. The van der Waals surface area contributed by atoms with Gasteiger partial charge >= 0.3 is 12.1 Å². The molecule has 3 atom stereocenters. The highest BCUT2D eigenvalue weighted by Crippen LogP contribution is 2.46. The van der Waals surface area contributed by atoms with Crippen LogP contribution in [0.1, 0.15) is 102 Å². The van der Waals surface area contributed by atoms with Gasteiger partial charge in [-0.05, 0) is 92.2 Å². The Morgan fingerprint density at radius 3 is 2.28 bits per heavy atom. The summed E-state index contributed by atoms with van der Waals surface area (Å²) in [6.07, 6.45) is 5.71. The van der Waals surface area contributed by atoms with Crippen LogP contribution >= 0.6 is 0 Å². The van der Waals surface area contributed by atoms with Crippen LogP contribution in [0.3, 0.4) is 0 Å². The Morgan fingerprint density at radius 1 is 1.00 bits per heavy atom. The lowest BCUT2D eigenvalue weighted by atomic mass is 9.76. The maximum Gasteiger partial charge on any atom is 0.420 e. The quantitative estimate of drug-likeness (QED) is 0.327. The molecule has 0 N–H and O–H groups in total. The normalized spacial score (nSPS) is 28.7. The topological polar surface area (TPSA) is 38.8 Å². The molecule has 3 unspecified atom stereocenters. The molecular formula is C32H42F3NO3. The van der Waals surface area contributed by atoms with Crippen molar-refractivity contribution in [2.75, 3.05) is 7.11 Å². The number of rotatable bonds is 7. The second kappa shape index (κ2) is 11.7. The van der Waals surface area contributed by atoms with E-state index in [9.17, 15) is 18.0 Å². The fourth-order valence-electron chi connectivity index (χ4n) is 7.67. The molecule has 7 heteroatoms. The number of ether oxygens (including phenoxy) is 2. The van der Waals surface area contributed by atoms with E-state index >= 15 is 0 Å². The van der Waals surface area contributed by atoms with E-state index in [-0.39, 0.29) is 47.3 Å². The van der Waals surface area contributed by atoms with E-state index < -0.39 is 11.7 Å². The first-order valence-corrected chi connectivity index (χ1v) is 14.9. The van der Waals surface area contributed by atoms with Crippen molar-refractivity contribution in [3.8, 4) is 5.75 Å². The van der Waals surface area contributed by atoms with Gasteiger partial charge in [-0.2, -0.15) is 13.2 Å². The third-order valence-corrected chi connectivity index (χ3v) is 9.65. The lowest BCUT2D eigenvalue weighted by molar-refractivity contribution is -0.151. The number of benzene rings is 2. The van der Waals surface area contributed by atoms with Crippen LogP contribution < -0.4 is 4.74 Å². The van der Waals surface area contributed by atoms with Gasteiger partial charge in [-0.25, -0.2) is 0 Å². The van der Waals surface area contributed by atoms with E-state index in [1.165, 1.54) is 13.2 Å². The number of piperidine rings is 2. The van der Waals surface area contributed by atoms with Gasteiger partial charge in [0.1, 0.15) is 11.3 Å². The van der Waals surface area contributed by atoms with Gasteiger partial charge < -0.3 is 9.47 Å². The van der Waals surface area contributed by atoms with Gasteiger partial charge in [0.25, 0.3) is 0 Å². The highest BCUT2D eigenvalue weighted by Gasteiger charge is 2.44. The van der Waals surface area contributed by atoms with Crippen LogP contribution in [0.25, 0.3) is 10.8 Å². The zero-order chi connectivity index (χ0) is 27.7. The minimum Gasteiger partial charge on any atom is -0.490 e. The lowest BCUT2D eigenvalue weighted by Gasteiger charge is -2.51. The second-order valence-corrected chi connectivity index (χ2v) is 11.9. The Balaban J connectivity index is 1.43. The van der Waals surface area contributed by atoms with Crippen molar-refractivity contribution in [1.82, 2.24) is 4.90 Å². The third-order valence-electron chi connectivity index (χ3n) is 9.65. The van der Waals surface area contributed by atoms with Crippen molar-refractivity contribution in [3.05, 3.63) is 41.5 Å². The molecular weight excluding hydrogens is 503 g/mol. The minimum absolute atomic E-state index is 0.0471. The predicted molar refractivity (Wildman–Crippen MR) is 147 cm³/mol. The zero-order valence-corrected chi connectivity index (χ0v) is 23.4. The largest absolute Gasteiger partial charge is 0.490 e. The summed E-state index contributed by atoms with van der Waals surface area (Å²) in [5.41, 5.74) is 0.381. The maximum atomic E-state index is 14.4. The van der Waals surface area contributed by atoms with Crippen LogP contribution in [0.5, 0.6) is 5.75 Å². The highest BCUT2D eigenvalue weighted by molar-refractivity contribution is 5.89. The van der Waals surface area contributed by atoms with E-state index in [1.807, 2.05) is 12.1 Å². The number of hydrogen-bond donors (Lipinski definition) is 0. The Labute approximate surface area is 230 Å². The maximum absolute atomic E-state index is 14.4. The Hall–Kier alpha value is -2.28.